The Morgan fingerprint density at radius 3 is 2.14 bits per heavy atom. The molecule has 1 atom stereocenters. The van der Waals surface area contributed by atoms with E-state index in [-0.39, 0.29) is 19.0 Å². The first-order valence-electron chi connectivity index (χ1n) is 6.19. The van der Waals surface area contributed by atoms with Crippen molar-refractivity contribution in [3.8, 4) is 11.5 Å². The number of halogens is 3. The maximum Gasteiger partial charge on any atom is 0.167 e. The molecule has 2 aromatic carbocycles. The molecule has 0 bridgehead atoms. The molecule has 0 saturated heterocycles. The van der Waals surface area contributed by atoms with Gasteiger partial charge in [-0.25, -0.2) is 13.2 Å². The van der Waals surface area contributed by atoms with Gasteiger partial charge in [0.2, 0.25) is 0 Å². The van der Waals surface area contributed by atoms with Crippen molar-refractivity contribution in [2.45, 2.75) is 6.10 Å². The molecule has 0 heterocycles. The van der Waals surface area contributed by atoms with Crippen LogP contribution in [0.25, 0.3) is 0 Å². The molecule has 0 spiro atoms. The molecule has 0 aromatic heterocycles. The molecule has 1 N–H and O–H groups in total. The minimum atomic E-state index is -1.01. The number of hydrogen-bond acceptors (Lipinski definition) is 3. The molecule has 0 fully saturated rings. The van der Waals surface area contributed by atoms with Crippen molar-refractivity contribution >= 4 is 0 Å². The number of aliphatic hydroxyl groups excluding tert-OH is 1. The summed E-state index contributed by atoms with van der Waals surface area (Å²) >= 11 is 0. The van der Waals surface area contributed by atoms with E-state index in [4.69, 9.17) is 9.47 Å². The fraction of sp³-hybridized carbons (Fsp3) is 0.200. The Morgan fingerprint density at radius 2 is 1.48 bits per heavy atom. The summed E-state index contributed by atoms with van der Waals surface area (Å²) in [7, 11) is 0. The molecule has 0 amide bonds. The Kier molecular flexibility index (Phi) is 5.05. The van der Waals surface area contributed by atoms with Gasteiger partial charge in [0, 0.05) is 6.07 Å². The van der Waals surface area contributed by atoms with Gasteiger partial charge in [0.15, 0.2) is 11.6 Å². The summed E-state index contributed by atoms with van der Waals surface area (Å²) in [6, 6.07) is 8.18. The Hall–Kier alpha value is -2.21. The molecule has 2 rings (SSSR count). The number of ether oxygens (including phenoxy) is 2. The molecule has 1 unspecified atom stereocenters. The molecule has 6 heteroatoms. The summed E-state index contributed by atoms with van der Waals surface area (Å²) in [4.78, 5) is 0. The smallest absolute Gasteiger partial charge is 0.167 e. The van der Waals surface area contributed by atoms with Crippen molar-refractivity contribution in [3.05, 3.63) is 59.9 Å². The monoisotopic (exact) mass is 298 g/mol. The zero-order chi connectivity index (χ0) is 15.2. The van der Waals surface area contributed by atoms with Crippen LogP contribution >= 0.6 is 0 Å². The SMILES string of the molecule is OC(COc1ccc(F)cc1)COc1ccc(F)cc1F. The number of aliphatic hydroxyl groups is 1. The van der Waals surface area contributed by atoms with Crippen LogP contribution in [0.5, 0.6) is 11.5 Å². The minimum absolute atomic E-state index is 0.103. The van der Waals surface area contributed by atoms with Gasteiger partial charge in [-0.05, 0) is 36.4 Å². The normalized spacial score (nSPS) is 12.0. The van der Waals surface area contributed by atoms with Crippen LogP contribution in [0.1, 0.15) is 0 Å². The molecule has 0 radical (unpaired) electrons. The fourth-order valence-corrected chi connectivity index (χ4v) is 1.55. The third-order valence-electron chi connectivity index (χ3n) is 2.58. The molecule has 21 heavy (non-hydrogen) atoms. The van der Waals surface area contributed by atoms with E-state index >= 15 is 0 Å². The van der Waals surface area contributed by atoms with Crippen molar-refractivity contribution in [2.24, 2.45) is 0 Å². The average molecular weight is 298 g/mol. The summed E-state index contributed by atoms with van der Waals surface area (Å²) in [5, 5.41) is 9.65. The highest BCUT2D eigenvalue weighted by Crippen LogP contribution is 2.18. The Bertz CT molecular complexity index is 587. The van der Waals surface area contributed by atoms with E-state index in [2.05, 4.69) is 0 Å². The van der Waals surface area contributed by atoms with Crippen molar-refractivity contribution in [3.63, 3.8) is 0 Å². The van der Waals surface area contributed by atoms with Gasteiger partial charge in [0.1, 0.15) is 36.7 Å². The minimum Gasteiger partial charge on any atom is -0.491 e. The lowest BCUT2D eigenvalue weighted by atomic mass is 10.3. The largest absolute Gasteiger partial charge is 0.491 e. The lowest BCUT2D eigenvalue weighted by Gasteiger charge is -2.14. The standard InChI is InChI=1S/C15H13F3O3/c16-10-1-4-13(5-2-10)20-8-12(19)9-21-15-6-3-11(17)7-14(15)18/h1-7,12,19H,8-9H2. The van der Waals surface area contributed by atoms with Crippen LogP contribution in [0, 0.1) is 17.5 Å². The molecule has 0 aliphatic carbocycles. The van der Waals surface area contributed by atoms with E-state index in [9.17, 15) is 18.3 Å². The Balaban J connectivity index is 1.79. The van der Waals surface area contributed by atoms with Gasteiger partial charge < -0.3 is 14.6 Å². The average Bonchev–Trinajstić information content (AvgIpc) is 2.46. The quantitative estimate of drug-likeness (QED) is 0.891. The number of hydrogen-bond donors (Lipinski definition) is 1. The maximum atomic E-state index is 13.3. The van der Waals surface area contributed by atoms with Gasteiger partial charge in [-0.15, -0.1) is 0 Å². The zero-order valence-corrected chi connectivity index (χ0v) is 10.9. The van der Waals surface area contributed by atoms with Crippen LogP contribution in [-0.4, -0.2) is 24.4 Å². The molecular weight excluding hydrogens is 285 g/mol. The van der Waals surface area contributed by atoms with Crippen LogP contribution in [0.4, 0.5) is 13.2 Å². The summed E-state index contributed by atoms with van der Waals surface area (Å²) in [6.07, 6.45) is -1.01. The maximum absolute atomic E-state index is 13.3. The van der Waals surface area contributed by atoms with E-state index < -0.39 is 23.6 Å². The number of benzene rings is 2. The Labute approximate surface area is 119 Å². The second-order valence-corrected chi connectivity index (χ2v) is 4.30. The topological polar surface area (TPSA) is 38.7 Å². The molecule has 0 aliphatic rings. The van der Waals surface area contributed by atoms with Crippen molar-refractivity contribution in [1.29, 1.82) is 0 Å². The van der Waals surface area contributed by atoms with E-state index in [0.717, 1.165) is 12.1 Å². The highest BCUT2D eigenvalue weighted by Gasteiger charge is 2.10. The molecule has 0 aliphatic heterocycles. The van der Waals surface area contributed by atoms with Crippen molar-refractivity contribution < 1.29 is 27.8 Å². The highest BCUT2D eigenvalue weighted by molar-refractivity contribution is 5.24. The van der Waals surface area contributed by atoms with Crippen LogP contribution in [0.3, 0.4) is 0 Å². The third kappa shape index (κ3) is 4.68. The van der Waals surface area contributed by atoms with Gasteiger partial charge >= 0.3 is 0 Å². The summed E-state index contributed by atoms with van der Waals surface area (Å²) in [6.45, 7) is -0.321. The summed E-state index contributed by atoms with van der Waals surface area (Å²) < 4.78 is 48.9. The van der Waals surface area contributed by atoms with Gasteiger partial charge in [-0.2, -0.15) is 0 Å². The van der Waals surface area contributed by atoms with Gasteiger partial charge in [-0.1, -0.05) is 0 Å². The van der Waals surface area contributed by atoms with E-state index in [1.807, 2.05) is 0 Å². The first-order valence-corrected chi connectivity index (χ1v) is 6.19. The molecule has 2 aromatic rings. The predicted molar refractivity (Wildman–Crippen MR) is 69.8 cm³/mol. The molecule has 112 valence electrons. The zero-order valence-electron chi connectivity index (χ0n) is 10.9. The van der Waals surface area contributed by atoms with Crippen LogP contribution < -0.4 is 9.47 Å². The van der Waals surface area contributed by atoms with Crippen LogP contribution in [0.2, 0.25) is 0 Å². The van der Waals surface area contributed by atoms with Crippen molar-refractivity contribution in [1.82, 2.24) is 0 Å². The Morgan fingerprint density at radius 1 is 0.857 bits per heavy atom. The van der Waals surface area contributed by atoms with Gasteiger partial charge in [0.05, 0.1) is 0 Å². The molecule has 3 nitrogen and oxygen atoms in total. The second kappa shape index (κ2) is 6.99. The first-order chi connectivity index (χ1) is 10.0. The second-order valence-electron chi connectivity index (χ2n) is 4.30. The van der Waals surface area contributed by atoms with E-state index in [1.165, 1.54) is 24.3 Å². The first kappa shape index (κ1) is 15.2. The van der Waals surface area contributed by atoms with Crippen LogP contribution in [0.15, 0.2) is 42.5 Å². The molecular formula is C15H13F3O3. The van der Waals surface area contributed by atoms with E-state index in [0.29, 0.717) is 11.8 Å². The summed E-state index contributed by atoms with van der Waals surface area (Å²) in [5.41, 5.74) is 0. The third-order valence-corrected chi connectivity index (χ3v) is 2.58. The lowest BCUT2D eigenvalue weighted by Crippen LogP contribution is -2.25. The lowest BCUT2D eigenvalue weighted by molar-refractivity contribution is 0.0612. The van der Waals surface area contributed by atoms with Crippen molar-refractivity contribution in [2.75, 3.05) is 13.2 Å². The van der Waals surface area contributed by atoms with Gasteiger partial charge in [-0.3, -0.25) is 0 Å². The highest BCUT2D eigenvalue weighted by atomic mass is 19.1. The number of rotatable bonds is 6. The van der Waals surface area contributed by atoms with Gasteiger partial charge in [0.25, 0.3) is 0 Å². The van der Waals surface area contributed by atoms with E-state index in [1.54, 1.807) is 0 Å². The van der Waals surface area contributed by atoms with Crippen LogP contribution in [-0.2, 0) is 0 Å². The molecule has 0 saturated carbocycles. The summed E-state index contributed by atoms with van der Waals surface area (Å²) in [5.74, 6) is -1.71. The predicted octanol–water partition coefficient (Wildman–Crippen LogP) is 2.92. The fourth-order valence-electron chi connectivity index (χ4n) is 1.55.